The van der Waals surface area contributed by atoms with Gasteiger partial charge in [-0.1, -0.05) is 42.5 Å². The predicted octanol–water partition coefficient (Wildman–Crippen LogP) is 3.65. The number of benzene rings is 2. The van der Waals surface area contributed by atoms with E-state index in [0.717, 1.165) is 29.7 Å². The Morgan fingerprint density at radius 2 is 1.83 bits per heavy atom. The molecule has 23 heavy (non-hydrogen) atoms. The summed E-state index contributed by atoms with van der Waals surface area (Å²) in [6.45, 7) is 0.534. The average molecular weight is 310 g/mol. The second-order valence-electron chi connectivity index (χ2n) is 5.90. The molecule has 4 nitrogen and oxygen atoms in total. The summed E-state index contributed by atoms with van der Waals surface area (Å²) >= 11 is 0. The van der Waals surface area contributed by atoms with Crippen molar-refractivity contribution in [3.63, 3.8) is 0 Å². The number of carbonyl (C=O) groups excluding carboxylic acids is 1. The third-order valence-corrected chi connectivity index (χ3v) is 4.15. The Balaban J connectivity index is 1.59. The van der Waals surface area contributed by atoms with Crippen molar-refractivity contribution in [2.45, 2.75) is 25.4 Å². The van der Waals surface area contributed by atoms with Crippen LogP contribution in [0.15, 0.2) is 54.6 Å². The summed E-state index contributed by atoms with van der Waals surface area (Å²) < 4.78 is 5.19. The highest BCUT2D eigenvalue weighted by molar-refractivity contribution is 5.74. The van der Waals surface area contributed by atoms with Crippen LogP contribution in [0.2, 0.25) is 0 Å². The van der Waals surface area contributed by atoms with E-state index < -0.39 is 0 Å². The maximum atomic E-state index is 12.2. The fraction of sp³-hybridized carbons (Fsp3) is 0.316. The predicted molar refractivity (Wildman–Crippen MR) is 90.3 cm³/mol. The Kier molecular flexibility index (Phi) is 4.81. The number of amides is 2. The van der Waals surface area contributed by atoms with E-state index >= 15 is 0 Å². The van der Waals surface area contributed by atoms with Crippen molar-refractivity contribution in [3.8, 4) is 5.75 Å². The standard InChI is InChI=1S/C19H22N2O2/c1-23-17-11-9-16(10-12-17)18(15-7-8-15)21-19(22)20-13-14-5-3-2-4-6-14/h2-6,9-12,15,18H,7-8,13H2,1H3,(H2,20,21,22). The van der Waals surface area contributed by atoms with Crippen LogP contribution < -0.4 is 15.4 Å². The normalized spacial score (nSPS) is 14.8. The van der Waals surface area contributed by atoms with E-state index in [1.54, 1.807) is 7.11 Å². The molecule has 2 amide bonds. The molecule has 2 aromatic rings. The molecule has 2 N–H and O–H groups in total. The van der Waals surface area contributed by atoms with Crippen LogP contribution in [0.25, 0.3) is 0 Å². The maximum Gasteiger partial charge on any atom is 0.315 e. The Bertz CT molecular complexity index is 636. The molecule has 0 heterocycles. The van der Waals surface area contributed by atoms with E-state index in [-0.39, 0.29) is 12.1 Å². The molecule has 1 aliphatic carbocycles. The monoisotopic (exact) mass is 310 g/mol. The third kappa shape index (κ3) is 4.25. The summed E-state index contributed by atoms with van der Waals surface area (Å²) in [5, 5.41) is 6.04. The highest BCUT2D eigenvalue weighted by Gasteiger charge is 2.33. The molecule has 0 aromatic heterocycles. The van der Waals surface area contributed by atoms with E-state index in [1.807, 2.05) is 54.6 Å². The zero-order valence-corrected chi connectivity index (χ0v) is 13.3. The van der Waals surface area contributed by atoms with Crippen LogP contribution in [0.3, 0.4) is 0 Å². The number of urea groups is 1. The van der Waals surface area contributed by atoms with Crippen molar-refractivity contribution >= 4 is 6.03 Å². The van der Waals surface area contributed by atoms with Crippen LogP contribution in [-0.2, 0) is 6.54 Å². The molecule has 1 atom stereocenters. The first-order valence-electron chi connectivity index (χ1n) is 7.98. The van der Waals surface area contributed by atoms with E-state index in [4.69, 9.17) is 4.74 Å². The highest BCUT2D eigenvalue weighted by atomic mass is 16.5. The molecule has 1 saturated carbocycles. The maximum absolute atomic E-state index is 12.2. The van der Waals surface area contributed by atoms with Crippen molar-refractivity contribution in [2.75, 3.05) is 7.11 Å². The molecule has 1 aliphatic rings. The fourth-order valence-electron chi connectivity index (χ4n) is 2.68. The van der Waals surface area contributed by atoms with E-state index in [9.17, 15) is 4.79 Å². The van der Waals surface area contributed by atoms with E-state index in [2.05, 4.69) is 10.6 Å². The summed E-state index contributed by atoms with van der Waals surface area (Å²) in [6.07, 6.45) is 2.32. The molecule has 0 saturated heterocycles. The third-order valence-electron chi connectivity index (χ3n) is 4.15. The van der Waals surface area contributed by atoms with Gasteiger partial charge in [0.05, 0.1) is 13.2 Å². The molecular weight excluding hydrogens is 288 g/mol. The zero-order chi connectivity index (χ0) is 16.1. The van der Waals surface area contributed by atoms with Crippen molar-refractivity contribution in [2.24, 2.45) is 5.92 Å². The van der Waals surface area contributed by atoms with Gasteiger partial charge in [0, 0.05) is 6.54 Å². The highest BCUT2D eigenvalue weighted by Crippen LogP contribution is 2.41. The number of carbonyl (C=O) groups is 1. The Labute approximate surface area is 136 Å². The van der Waals surface area contributed by atoms with Gasteiger partial charge in [0.1, 0.15) is 5.75 Å². The lowest BCUT2D eigenvalue weighted by Crippen LogP contribution is -2.38. The lowest BCUT2D eigenvalue weighted by atomic mass is 10.0. The van der Waals surface area contributed by atoms with Crippen molar-refractivity contribution in [3.05, 3.63) is 65.7 Å². The Morgan fingerprint density at radius 3 is 2.43 bits per heavy atom. The zero-order valence-electron chi connectivity index (χ0n) is 13.3. The summed E-state index contributed by atoms with van der Waals surface area (Å²) in [5.41, 5.74) is 2.22. The molecule has 0 radical (unpaired) electrons. The summed E-state index contributed by atoms with van der Waals surface area (Å²) in [5.74, 6) is 1.36. The minimum absolute atomic E-state index is 0.0664. The molecule has 3 rings (SSSR count). The van der Waals surface area contributed by atoms with Gasteiger partial charge in [-0.05, 0) is 42.0 Å². The van der Waals surface area contributed by atoms with Gasteiger partial charge in [0.15, 0.2) is 0 Å². The second-order valence-corrected chi connectivity index (χ2v) is 5.90. The number of hydrogen-bond donors (Lipinski definition) is 2. The molecule has 1 fully saturated rings. The number of hydrogen-bond acceptors (Lipinski definition) is 2. The van der Waals surface area contributed by atoms with E-state index in [0.29, 0.717) is 12.5 Å². The van der Waals surface area contributed by atoms with Crippen molar-refractivity contribution in [1.29, 1.82) is 0 Å². The molecule has 0 bridgehead atoms. The minimum atomic E-state index is -0.124. The first-order valence-corrected chi connectivity index (χ1v) is 7.98. The average Bonchev–Trinajstić information content (AvgIpc) is 3.44. The van der Waals surface area contributed by atoms with Crippen LogP contribution in [-0.4, -0.2) is 13.1 Å². The molecule has 0 aliphatic heterocycles. The number of rotatable bonds is 6. The first kappa shape index (κ1) is 15.4. The Hall–Kier alpha value is -2.49. The molecule has 0 spiro atoms. The molecule has 120 valence electrons. The van der Waals surface area contributed by atoms with Crippen LogP contribution >= 0.6 is 0 Å². The van der Waals surface area contributed by atoms with Gasteiger partial charge in [-0.3, -0.25) is 0 Å². The smallest absolute Gasteiger partial charge is 0.315 e. The Morgan fingerprint density at radius 1 is 1.13 bits per heavy atom. The van der Waals surface area contributed by atoms with Crippen LogP contribution in [0.4, 0.5) is 4.79 Å². The largest absolute Gasteiger partial charge is 0.497 e. The lowest BCUT2D eigenvalue weighted by Gasteiger charge is -2.19. The number of methoxy groups -OCH3 is 1. The van der Waals surface area contributed by atoms with E-state index in [1.165, 1.54) is 0 Å². The topological polar surface area (TPSA) is 50.4 Å². The summed E-state index contributed by atoms with van der Waals surface area (Å²) in [4.78, 5) is 12.2. The van der Waals surface area contributed by atoms with Gasteiger partial charge < -0.3 is 15.4 Å². The SMILES string of the molecule is COc1ccc(C(NC(=O)NCc2ccccc2)C2CC2)cc1. The van der Waals surface area contributed by atoms with Crippen LogP contribution in [0.1, 0.15) is 30.0 Å². The van der Waals surface area contributed by atoms with Gasteiger partial charge in [-0.25, -0.2) is 4.79 Å². The quantitative estimate of drug-likeness (QED) is 0.855. The van der Waals surface area contributed by atoms with Gasteiger partial charge in [-0.15, -0.1) is 0 Å². The van der Waals surface area contributed by atoms with Crippen LogP contribution in [0, 0.1) is 5.92 Å². The van der Waals surface area contributed by atoms with Gasteiger partial charge in [0.2, 0.25) is 0 Å². The minimum Gasteiger partial charge on any atom is -0.497 e. The van der Waals surface area contributed by atoms with Gasteiger partial charge >= 0.3 is 6.03 Å². The second kappa shape index (κ2) is 7.18. The van der Waals surface area contributed by atoms with Gasteiger partial charge in [-0.2, -0.15) is 0 Å². The first-order chi connectivity index (χ1) is 11.3. The molecular formula is C19H22N2O2. The summed E-state index contributed by atoms with van der Waals surface area (Å²) in [6, 6.07) is 17.8. The molecule has 2 aromatic carbocycles. The lowest BCUT2D eigenvalue weighted by molar-refractivity contribution is 0.235. The number of ether oxygens (including phenoxy) is 1. The fourth-order valence-corrected chi connectivity index (χ4v) is 2.68. The number of nitrogens with one attached hydrogen (secondary N) is 2. The van der Waals surface area contributed by atoms with Gasteiger partial charge in [0.25, 0.3) is 0 Å². The molecule has 4 heteroatoms. The van der Waals surface area contributed by atoms with Crippen LogP contribution in [0.5, 0.6) is 5.75 Å². The van der Waals surface area contributed by atoms with Crippen molar-refractivity contribution in [1.82, 2.24) is 10.6 Å². The van der Waals surface area contributed by atoms with Crippen molar-refractivity contribution < 1.29 is 9.53 Å². The molecule has 1 unspecified atom stereocenters. The summed E-state index contributed by atoms with van der Waals surface area (Å²) in [7, 11) is 1.66.